The number of carbonyl (C=O) groups excluding carboxylic acids is 2. The molecule has 226 valence electrons. The first kappa shape index (κ1) is 32.3. The molecule has 8 nitrogen and oxygen atoms in total. The van der Waals surface area contributed by atoms with Crippen molar-refractivity contribution in [3.05, 3.63) is 123 Å². The van der Waals surface area contributed by atoms with Crippen molar-refractivity contribution < 1.29 is 23.8 Å². The molecule has 0 radical (unpaired) electrons. The van der Waals surface area contributed by atoms with Crippen LogP contribution in [0.25, 0.3) is 0 Å². The number of methoxy groups -OCH3 is 1. The highest BCUT2D eigenvalue weighted by atomic mass is 35.5. The standard InChI is InChI=1S/C34H32ClN3O5S/c1-5-15-42-34(40)31-22(3)37-33(44-20-30(39)38-25-13-11-21(2)27(35)17-25)26(18-36)32(31)24-12-14-28(29(16-24)41-4)43-19-23-9-7-6-8-10-23/h5-14,16-17,32,37H,1,15,19-20H2,2-4H3,(H,38,39). The van der Waals surface area contributed by atoms with Crippen LogP contribution in [0, 0.1) is 18.3 Å². The quantitative estimate of drug-likeness (QED) is 0.162. The number of amides is 1. The van der Waals surface area contributed by atoms with Crippen LogP contribution in [0.5, 0.6) is 11.5 Å². The van der Waals surface area contributed by atoms with E-state index in [1.807, 2.05) is 43.3 Å². The zero-order chi connectivity index (χ0) is 31.6. The maximum atomic E-state index is 13.3. The average molecular weight is 630 g/mol. The summed E-state index contributed by atoms with van der Waals surface area (Å²) in [6.45, 7) is 7.57. The number of hydrogen-bond donors (Lipinski definition) is 2. The number of thioether (sulfide) groups is 1. The Balaban J connectivity index is 1.64. The molecule has 0 aliphatic carbocycles. The lowest BCUT2D eigenvalue weighted by Gasteiger charge is -2.29. The number of nitriles is 1. The van der Waals surface area contributed by atoms with E-state index in [0.29, 0.717) is 45.1 Å². The molecule has 0 aromatic heterocycles. The predicted octanol–water partition coefficient (Wildman–Crippen LogP) is 7.03. The largest absolute Gasteiger partial charge is 0.493 e. The van der Waals surface area contributed by atoms with Gasteiger partial charge in [0, 0.05) is 16.4 Å². The summed E-state index contributed by atoms with van der Waals surface area (Å²) in [5.41, 5.74) is 4.11. The van der Waals surface area contributed by atoms with Crippen LogP contribution in [0.1, 0.15) is 29.5 Å². The van der Waals surface area contributed by atoms with Crippen molar-refractivity contribution in [3.63, 3.8) is 0 Å². The molecule has 1 amide bonds. The molecule has 0 saturated heterocycles. The highest BCUT2D eigenvalue weighted by Crippen LogP contribution is 2.43. The minimum atomic E-state index is -0.794. The van der Waals surface area contributed by atoms with E-state index in [1.54, 1.807) is 37.3 Å². The first-order valence-corrected chi connectivity index (χ1v) is 15.1. The monoisotopic (exact) mass is 629 g/mol. The fraction of sp³-hybridized carbons (Fsp3) is 0.206. The number of esters is 1. The van der Waals surface area contributed by atoms with Crippen molar-refractivity contribution in [1.29, 1.82) is 5.26 Å². The molecule has 3 aromatic carbocycles. The molecule has 0 spiro atoms. The fourth-order valence-corrected chi connectivity index (χ4v) is 5.64. The number of hydrogen-bond acceptors (Lipinski definition) is 8. The van der Waals surface area contributed by atoms with Gasteiger partial charge in [0.2, 0.25) is 5.91 Å². The number of anilines is 1. The van der Waals surface area contributed by atoms with E-state index in [2.05, 4.69) is 23.3 Å². The summed E-state index contributed by atoms with van der Waals surface area (Å²) < 4.78 is 17.1. The number of halogens is 1. The average Bonchev–Trinajstić information content (AvgIpc) is 3.03. The molecule has 0 fully saturated rings. The lowest BCUT2D eigenvalue weighted by atomic mass is 9.82. The molecule has 4 rings (SSSR count). The Hall–Kier alpha value is -4.65. The number of rotatable bonds is 12. The lowest BCUT2D eigenvalue weighted by Crippen LogP contribution is -2.29. The van der Waals surface area contributed by atoms with E-state index < -0.39 is 11.9 Å². The van der Waals surface area contributed by atoms with Crippen LogP contribution >= 0.6 is 23.4 Å². The van der Waals surface area contributed by atoms with Crippen LogP contribution in [0.3, 0.4) is 0 Å². The molecule has 10 heteroatoms. The van der Waals surface area contributed by atoms with Gasteiger partial charge in [0.15, 0.2) is 11.5 Å². The number of allylic oxidation sites excluding steroid dienone is 2. The van der Waals surface area contributed by atoms with E-state index in [4.69, 9.17) is 25.8 Å². The number of dihydropyridines is 1. The summed E-state index contributed by atoms with van der Waals surface area (Å²) in [6, 6.07) is 22.6. The van der Waals surface area contributed by atoms with Crippen LogP contribution in [0.15, 0.2) is 101 Å². The van der Waals surface area contributed by atoms with Gasteiger partial charge in [-0.3, -0.25) is 4.79 Å². The van der Waals surface area contributed by atoms with Crippen LogP contribution in [0.2, 0.25) is 5.02 Å². The van der Waals surface area contributed by atoms with Crippen LogP contribution in [-0.2, 0) is 20.9 Å². The SMILES string of the molecule is C=CCOC(=O)C1=C(C)NC(SCC(=O)Nc2ccc(C)c(Cl)c2)=C(C#N)C1c1ccc(OCc2ccccc2)c(OC)c1. The number of carbonyl (C=O) groups is 2. The van der Waals surface area contributed by atoms with Gasteiger partial charge in [0.05, 0.1) is 41.0 Å². The van der Waals surface area contributed by atoms with Crippen molar-refractivity contribution in [3.8, 4) is 17.6 Å². The van der Waals surface area contributed by atoms with Gasteiger partial charge in [-0.25, -0.2) is 4.79 Å². The van der Waals surface area contributed by atoms with Crippen LogP contribution in [0.4, 0.5) is 5.69 Å². The Morgan fingerprint density at radius 2 is 1.89 bits per heavy atom. The molecule has 0 bridgehead atoms. The molecule has 1 aliphatic rings. The van der Waals surface area contributed by atoms with E-state index in [9.17, 15) is 14.9 Å². The molecule has 1 heterocycles. The Kier molecular flexibility index (Phi) is 11.1. The third-order valence-corrected chi connectivity index (χ3v) is 8.19. The number of benzene rings is 3. The lowest BCUT2D eigenvalue weighted by molar-refractivity contribution is -0.138. The van der Waals surface area contributed by atoms with Gasteiger partial charge in [-0.1, -0.05) is 78.5 Å². The molecule has 44 heavy (non-hydrogen) atoms. The summed E-state index contributed by atoms with van der Waals surface area (Å²) in [6.07, 6.45) is 1.48. The third-order valence-electron chi connectivity index (χ3n) is 6.76. The van der Waals surface area contributed by atoms with Gasteiger partial charge < -0.3 is 24.8 Å². The van der Waals surface area contributed by atoms with Crippen LogP contribution in [-0.4, -0.2) is 31.3 Å². The van der Waals surface area contributed by atoms with Crippen LogP contribution < -0.4 is 20.1 Å². The van der Waals surface area contributed by atoms with Crippen molar-refractivity contribution in [1.82, 2.24) is 5.32 Å². The molecular weight excluding hydrogens is 598 g/mol. The Labute approximate surface area is 266 Å². The molecule has 1 atom stereocenters. The van der Waals surface area contributed by atoms with Gasteiger partial charge in [0.1, 0.15) is 13.2 Å². The summed E-state index contributed by atoms with van der Waals surface area (Å²) in [4.78, 5) is 26.1. The highest BCUT2D eigenvalue weighted by molar-refractivity contribution is 8.03. The molecule has 1 aliphatic heterocycles. The van der Waals surface area contributed by atoms with Crippen molar-refractivity contribution in [2.75, 3.05) is 24.8 Å². The fourth-order valence-electron chi connectivity index (χ4n) is 4.57. The first-order valence-electron chi connectivity index (χ1n) is 13.7. The summed E-state index contributed by atoms with van der Waals surface area (Å²) in [5, 5.41) is 17.4. The summed E-state index contributed by atoms with van der Waals surface area (Å²) in [5.74, 6) is -0.708. The van der Waals surface area contributed by atoms with Crippen molar-refractivity contribution in [2.45, 2.75) is 26.4 Å². The second kappa shape index (κ2) is 15.2. The second-order valence-corrected chi connectivity index (χ2v) is 11.2. The topological polar surface area (TPSA) is 110 Å². The molecule has 3 aromatic rings. The van der Waals surface area contributed by atoms with Crippen molar-refractivity contribution >= 4 is 40.9 Å². The van der Waals surface area contributed by atoms with Gasteiger partial charge in [-0.2, -0.15) is 5.26 Å². The molecule has 2 N–H and O–H groups in total. The second-order valence-electron chi connectivity index (χ2n) is 9.82. The predicted molar refractivity (Wildman–Crippen MR) is 173 cm³/mol. The highest BCUT2D eigenvalue weighted by Gasteiger charge is 2.36. The van der Waals surface area contributed by atoms with E-state index >= 15 is 0 Å². The molecule has 0 saturated carbocycles. The summed E-state index contributed by atoms with van der Waals surface area (Å²) in [7, 11) is 1.53. The smallest absolute Gasteiger partial charge is 0.337 e. The van der Waals surface area contributed by atoms with Gasteiger partial charge in [-0.05, 0) is 54.8 Å². The molecule has 1 unspecified atom stereocenters. The number of nitrogens with one attached hydrogen (secondary N) is 2. The normalized spacial score (nSPS) is 14.3. The Bertz CT molecular complexity index is 1660. The maximum Gasteiger partial charge on any atom is 0.337 e. The zero-order valence-corrected chi connectivity index (χ0v) is 26.2. The van der Waals surface area contributed by atoms with E-state index in [-0.39, 0.29) is 29.4 Å². The van der Waals surface area contributed by atoms with Gasteiger partial charge in [-0.15, -0.1) is 0 Å². The first-order chi connectivity index (χ1) is 21.2. The van der Waals surface area contributed by atoms with Crippen molar-refractivity contribution in [2.24, 2.45) is 0 Å². The Morgan fingerprint density at radius 1 is 1.11 bits per heavy atom. The van der Waals surface area contributed by atoms with Gasteiger partial charge >= 0.3 is 5.97 Å². The van der Waals surface area contributed by atoms with Gasteiger partial charge in [0.25, 0.3) is 0 Å². The Morgan fingerprint density at radius 3 is 2.57 bits per heavy atom. The maximum absolute atomic E-state index is 13.3. The number of nitrogens with zero attached hydrogens (tertiary/aromatic N) is 1. The zero-order valence-electron chi connectivity index (χ0n) is 24.6. The van der Waals surface area contributed by atoms with E-state index in [1.165, 1.54) is 13.2 Å². The summed E-state index contributed by atoms with van der Waals surface area (Å²) >= 11 is 7.36. The minimum Gasteiger partial charge on any atom is -0.493 e. The third kappa shape index (κ3) is 7.84. The number of aryl methyl sites for hydroxylation is 1. The molecular formula is C34H32ClN3O5S. The number of ether oxygens (including phenoxy) is 3. The van der Waals surface area contributed by atoms with E-state index in [0.717, 1.165) is 22.9 Å². The minimum absolute atomic E-state index is 0.00480.